The molecule has 1 aliphatic heterocycles. The van der Waals surface area contributed by atoms with Gasteiger partial charge < -0.3 is 14.8 Å². The van der Waals surface area contributed by atoms with Crippen molar-refractivity contribution in [3.63, 3.8) is 0 Å². The van der Waals surface area contributed by atoms with E-state index in [0.29, 0.717) is 6.10 Å². The zero-order valence-electron chi connectivity index (χ0n) is 12.8. The fourth-order valence-corrected chi connectivity index (χ4v) is 2.56. The van der Waals surface area contributed by atoms with Gasteiger partial charge in [0.2, 0.25) is 0 Å². The van der Waals surface area contributed by atoms with Gasteiger partial charge in [-0.3, -0.25) is 0 Å². The lowest BCUT2D eigenvalue weighted by Gasteiger charge is -2.14. The molecule has 0 aliphatic carbocycles. The molecule has 1 saturated heterocycles. The van der Waals surface area contributed by atoms with Crippen LogP contribution >= 0.6 is 0 Å². The van der Waals surface area contributed by atoms with Crippen molar-refractivity contribution < 1.29 is 9.47 Å². The van der Waals surface area contributed by atoms with E-state index in [0.717, 1.165) is 44.9 Å². The summed E-state index contributed by atoms with van der Waals surface area (Å²) in [6, 6.07) is 6.42. The van der Waals surface area contributed by atoms with Gasteiger partial charge in [0.25, 0.3) is 0 Å². The summed E-state index contributed by atoms with van der Waals surface area (Å²) >= 11 is 0. The van der Waals surface area contributed by atoms with Crippen molar-refractivity contribution in [3.05, 3.63) is 29.3 Å². The molecule has 3 heteroatoms. The van der Waals surface area contributed by atoms with Crippen molar-refractivity contribution in [2.75, 3.05) is 19.8 Å². The molecule has 1 unspecified atom stereocenters. The number of hydrogen-bond acceptors (Lipinski definition) is 3. The Morgan fingerprint density at radius 1 is 1.40 bits per heavy atom. The van der Waals surface area contributed by atoms with Crippen LogP contribution in [0.15, 0.2) is 18.2 Å². The molecule has 20 heavy (non-hydrogen) atoms. The number of benzene rings is 1. The second kappa shape index (κ2) is 8.28. The van der Waals surface area contributed by atoms with Crippen molar-refractivity contribution in [2.45, 2.75) is 52.2 Å². The van der Waals surface area contributed by atoms with Crippen LogP contribution in [-0.2, 0) is 11.3 Å². The lowest BCUT2D eigenvalue weighted by atomic mass is 10.1. The summed E-state index contributed by atoms with van der Waals surface area (Å²) in [6.45, 7) is 7.89. The molecular formula is C17H27NO2. The molecule has 0 aromatic heterocycles. The Balaban J connectivity index is 1.84. The van der Waals surface area contributed by atoms with Crippen LogP contribution in [-0.4, -0.2) is 25.9 Å². The van der Waals surface area contributed by atoms with E-state index in [4.69, 9.17) is 9.47 Å². The van der Waals surface area contributed by atoms with Crippen molar-refractivity contribution in [1.29, 1.82) is 0 Å². The van der Waals surface area contributed by atoms with Crippen LogP contribution < -0.4 is 10.1 Å². The van der Waals surface area contributed by atoms with Gasteiger partial charge in [-0.15, -0.1) is 0 Å². The smallest absolute Gasteiger partial charge is 0.123 e. The third-order valence-corrected chi connectivity index (χ3v) is 3.68. The van der Waals surface area contributed by atoms with Crippen LogP contribution in [0.2, 0.25) is 0 Å². The second-order valence-electron chi connectivity index (χ2n) is 5.56. The standard InChI is InChI=1S/C17H27NO2/c1-3-9-18-13-15-12-14(2)6-7-17(15)20-11-8-16-5-4-10-19-16/h6-7,12,16,18H,3-5,8-11,13H2,1-2H3. The van der Waals surface area contributed by atoms with E-state index in [1.807, 2.05) is 0 Å². The highest BCUT2D eigenvalue weighted by Crippen LogP contribution is 2.21. The monoisotopic (exact) mass is 277 g/mol. The lowest BCUT2D eigenvalue weighted by molar-refractivity contribution is 0.0902. The van der Waals surface area contributed by atoms with E-state index < -0.39 is 0 Å². The highest BCUT2D eigenvalue weighted by molar-refractivity contribution is 5.36. The molecule has 1 aromatic rings. The molecule has 112 valence electrons. The van der Waals surface area contributed by atoms with Gasteiger partial charge >= 0.3 is 0 Å². The summed E-state index contributed by atoms with van der Waals surface area (Å²) in [7, 11) is 0. The van der Waals surface area contributed by atoms with Gasteiger partial charge in [-0.1, -0.05) is 24.6 Å². The number of nitrogens with one attached hydrogen (secondary N) is 1. The van der Waals surface area contributed by atoms with E-state index >= 15 is 0 Å². The first-order chi connectivity index (χ1) is 9.79. The minimum atomic E-state index is 0.405. The van der Waals surface area contributed by atoms with E-state index in [1.165, 1.54) is 24.0 Å². The highest BCUT2D eigenvalue weighted by atomic mass is 16.5. The SMILES string of the molecule is CCCNCc1cc(C)ccc1OCCC1CCCO1. The molecule has 0 bridgehead atoms. The van der Waals surface area contributed by atoms with E-state index in [2.05, 4.69) is 37.4 Å². The van der Waals surface area contributed by atoms with Crippen LogP contribution in [0.5, 0.6) is 5.75 Å². The van der Waals surface area contributed by atoms with Crippen LogP contribution in [0.3, 0.4) is 0 Å². The first kappa shape index (κ1) is 15.3. The molecule has 1 aliphatic rings. The van der Waals surface area contributed by atoms with E-state index in [9.17, 15) is 0 Å². The lowest BCUT2D eigenvalue weighted by Crippen LogP contribution is -2.16. The van der Waals surface area contributed by atoms with Crippen molar-refractivity contribution in [1.82, 2.24) is 5.32 Å². The molecule has 2 rings (SSSR count). The molecule has 0 spiro atoms. The van der Waals surface area contributed by atoms with Crippen LogP contribution in [0.25, 0.3) is 0 Å². The van der Waals surface area contributed by atoms with Crippen LogP contribution in [0, 0.1) is 6.92 Å². The Kier molecular flexibility index (Phi) is 6.34. The summed E-state index contributed by atoms with van der Waals surface area (Å²) < 4.78 is 11.6. The third kappa shape index (κ3) is 4.80. The Bertz CT molecular complexity index is 400. The topological polar surface area (TPSA) is 30.5 Å². The molecule has 0 amide bonds. The molecule has 1 aromatic carbocycles. The first-order valence-corrected chi connectivity index (χ1v) is 7.84. The minimum Gasteiger partial charge on any atom is -0.493 e. The van der Waals surface area contributed by atoms with Gasteiger partial charge in [0.15, 0.2) is 0 Å². The highest BCUT2D eigenvalue weighted by Gasteiger charge is 2.15. The van der Waals surface area contributed by atoms with Gasteiger partial charge in [-0.05, 0) is 38.8 Å². The maximum absolute atomic E-state index is 5.96. The molecule has 0 radical (unpaired) electrons. The van der Waals surface area contributed by atoms with Gasteiger partial charge in [-0.25, -0.2) is 0 Å². The molecule has 1 fully saturated rings. The summed E-state index contributed by atoms with van der Waals surface area (Å²) in [4.78, 5) is 0. The number of aryl methyl sites for hydroxylation is 1. The third-order valence-electron chi connectivity index (χ3n) is 3.68. The Hall–Kier alpha value is -1.06. The predicted octanol–water partition coefficient (Wildman–Crippen LogP) is 3.44. The summed E-state index contributed by atoms with van der Waals surface area (Å²) in [5.41, 5.74) is 2.54. The summed E-state index contributed by atoms with van der Waals surface area (Å²) in [5, 5.41) is 3.45. The number of hydrogen-bond donors (Lipinski definition) is 1. The largest absolute Gasteiger partial charge is 0.493 e. The molecule has 1 heterocycles. The van der Waals surface area contributed by atoms with Gasteiger partial charge in [0, 0.05) is 25.1 Å². The van der Waals surface area contributed by atoms with Crippen LogP contribution in [0.1, 0.15) is 43.7 Å². The summed E-state index contributed by atoms with van der Waals surface area (Å²) in [5.74, 6) is 1.01. The fraction of sp³-hybridized carbons (Fsp3) is 0.647. The molecule has 1 N–H and O–H groups in total. The first-order valence-electron chi connectivity index (χ1n) is 7.84. The average molecular weight is 277 g/mol. The zero-order valence-corrected chi connectivity index (χ0v) is 12.8. The maximum atomic E-state index is 5.96. The number of rotatable bonds is 8. The van der Waals surface area contributed by atoms with Gasteiger partial charge in [-0.2, -0.15) is 0 Å². The zero-order chi connectivity index (χ0) is 14.2. The predicted molar refractivity (Wildman–Crippen MR) is 82.3 cm³/mol. The second-order valence-corrected chi connectivity index (χ2v) is 5.56. The molecule has 1 atom stereocenters. The molecule has 0 saturated carbocycles. The van der Waals surface area contributed by atoms with Gasteiger partial charge in [0.1, 0.15) is 5.75 Å². The quantitative estimate of drug-likeness (QED) is 0.738. The van der Waals surface area contributed by atoms with Crippen molar-refractivity contribution in [3.8, 4) is 5.75 Å². The normalized spacial score (nSPS) is 18.4. The Labute approximate surface area is 122 Å². The fourth-order valence-electron chi connectivity index (χ4n) is 2.56. The van der Waals surface area contributed by atoms with Crippen molar-refractivity contribution >= 4 is 0 Å². The molecular weight excluding hydrogens is 250 g/mol. The van der Waals surface area contributed by atoms with Crippen LogP contribution in [0.4, 0.5) is 0 Å². The number of ether oxygens (including phenoxy) is 2. The summed E-state index contributed by atoms with van der Waals surface area (Å²) in [6.07, 6.45) is 4.93. The van der Waals surface area contributed by atoms with Crippen molar-refractivity contribution in [2.24, 2.45) is 0 Å². The maximum Gasteiger partial charge on any atom is 0.123 e. The average Bonchev–Trinajstić information content (AvgIpc) is 2.95. The molecule has 3 nitrogen and oxygen atoms in total. The Morgan fingerprint density at radius 2 is 2.30 bits per heavy atom. The van der Waals surface area contributed by atoms with Gasteiger partial charge in [0.05, 0.1) is 12.7 Å². The minimum absolute atomic E-state index is 0.405. The van der Waals surface area contributed by atoms with E-state index in [1.54, 1.807) is 0 Å². The Morgan fingerprint density at radius 3 is 3.05 bits per heavy atom. The van der Waals surface area contributed by atoms with E-state index in [-0.39, 0.29) is 0 Å².